The molecular weight excluding hydrogens is 246 g/mol. The quantitative estimate of drug-likeness (QED) is 0.826. The Morgan fingerprint density at radius 1 is 1.42 bits per heavy atom. The van der Waals surface area contributed by atoms with Crippen LogP contribution >= 0.6 is 0 Å². The van der Waals surface area contributed by atoms with Gasteiger partial charge in [-0.1, -0.05) is 0 Å². The fraction of sp³-hybridized carbons (Fsp3) is 0.231. The predicted octanol–water partition coefficient (Wildman–Crippen LogP) is 2.13. The number of aryl methyl sites for hydroxylation is 2. The van der Waals surface area contributed by atoms with Crippen molar-refractivity contribution in [2.75, 3.05) is 18.2 Å². The molecule has 3 N–H and O–H groups in total. The van der Waals surface area contributed by atoms with Gasteiger partial charge in [0.2, 0.25) is 5.76 Å². The van der Waals surface area contributed by atoms with E-state index in [2.05, 4.69) is 10.3 Å². The Labute approximate surface area is 110 Å². The molecule has 100 valence electrons. The molecule has 0 bridgehead atoms. The van der Waals surface area contributed by atoms with E-state index in [1.165, 1.54) is 7.11 Å². The van der Waals surface area contributed by atoms with Crippen molar-refractivity contribution in [1.82, 2.24) is 4.98 Å². The Bertz CT molecular complexity index is 620. The molecule has 1 amide bonds. The van der Waals surface area contributed by atoms with Gasteiger partial charge in [0.1, 0.15) is 5.75 Å². The molecule has 1 aromatic heterocycles. The fourth-order valence-corrected chi connectivity index (χ4v) is 1.72. The van der Waals surface area contributed by atoms with Gasteiger partial charge in [0, 0.05) is 18.7 Å². The minimum atomic E-state index is -0.357. The van der Waals surface area contributed by atoms with Gasteiger partial charge in [0.05, 0.1) is 18.5 Å². The molecule has 0 fully saturated rings. The first-order chi connectivity index (χ1) is 9.01. The number of anilines is 2. The molecule has 19 heavy (non-hydrogen) atoms. The second-order valence-corrected chi connectivity index (χ2v) is 4.06. The van der Waals surface area contributed by atoms with Crippen molar-refractivity contribution >= 4 is 17.3 Å². The minimum absolute atomic E-state index is 0.202. The number of aromatic nitrogens is 1. The van der Waals surface area contributed by atoms with E-state index in [0.717, 1.165) is 0 Å². The zero-order valence-electron chi connectivity index (χ0n) is 11.0. The topological polar surface area (TPSA) is 90.4 Å². The maximum atomic E-state index is 12.0. The highest BCUT2D eigenvalue weighted by molar-refractivity contribution is 6.03. The van der Waals surface area contributed by atoms with Crippen LogP contribution < -0.4 is 15.8 Å². The smallest absolute Gasteiger partial charge is 0.293 e. The van der Waals surface area contributed by atoms with Crippen LogP contribution in [0.15, 0.2) is 22.6 Å². The summed E-state index contributed by atoms with van der Waals surface area (Å²) in [6.45, 7) is 3.41. The van der Waals surface area contributed by atoms with Crippen LogP contribution in [0.3, 0.4) is 0 Å². The van der Waals surface area contributed by atoms with Gasteiger partial charge in [-0.25, -0.2) is 4.98 Å². The van der Waals surface area contributed by atoms with E-state index < -0.39 is 0 Å². The molecule has 2 rings (SSSR count). The normalized spacial score (nSPS) is 10.3. The first-order valence-corrected chi connectivity index (χ1v) is 5.70. The maximum Gasteiger partial charge on any atom is 0.293 e. The summed E-state index contributed by atoms with van der Waals surface area (Å²) in [4.78, 5) is 16.1. The van der Waals surface area contributed by atoms with Gasteiger partial charge < -0.3 is 20.2 Å². The number of carbonyl (C=O) groups is 1. The third-order valence-corrected chi connectivity index (χ3v) is 2.60. The van der Waals surface area contributed by atoms with E-state index in [4.69, 9.17) is 14.9 Å². The van der Waals surface area contributed by atoms with Crippen LogP contribution in [0.5, 0.6) is 5.75 Å². The maximum absolute atomic E-state index is 12.0. The monoisotopic (exact) mass is 261 g/mol. The third kappa shape index (κ3) is 2.67. The summed E-state index contributed by atoms with van der Waals surface area (Å²) in [6, 6.07) is 4.99. The number of nitrogens with zero attached hydrogens (tertiary/aromatic N) is 1. The van der Waals surface area contributed by atoms with Crippen LogP contribution in [-0.2, 0) is 0 Å². The molecule has 0 unspecified atom stereocenters. The van der Waals surface area contributed by atoms with Crippen molar-refractivity contribution in [3.63, 3.8) is 0 Å². The SMILES string of the molecule is COc1cc(NC(=O)c2oc(C)nc2C)ccc1N. The summed E-state index contributed by atoms with van der Waals surface area (Å²) in [5.41, 5.74) is 7.34. The number of nitrogens with one attached hydrogen (secondary N) is 1. The number of rotatable bonds is 3. The first kappa shape index (κ1) is 12.9. The van der Waals surface area contributed by atoms with Gasteiger partial charge in [-0.2, -0.15) is 0 Å². The molecule has 0 radical (unpaired) electrons. The molecule has 0 aliphatic rings. The van der Waals surface area contributed by atoms with Crippen molar-refractivity contribution in [3.05, 3.63) is 35.5 Å². The molecule has 0 saturated carbocycles. The number of ether oxygens (including phenoxy) is 1. The highest BCUT2D eigenvalue weighted by atomic mass is 16.5. The number of benzene rings is 1. The lowest BCUT2D eigenvalue weighted by Gasteiger charge is -2.08. The Hall–Kier alpha value is -2.50. The van der Waals surface area contributed by atoms with E-state index in [0.29, 0.717) is 28.7 Å². The van der Waals surface area contributed by atoms with Crippen molar-refractivity contribution in [3.8, 4) is 5.75 Å². The number of hydrogen-bond acceptors (Lipinski definition) is 5. The second-order valence-electron chi connectivity index (χ2n) is 4.06. The van der Waals surface area contributed by atoms with Gasteiger partial charge in [0.25, 0.3) is 5.91 Å². The summed E-state index contributed by atoms with van der Waals surface area (Å²) in [5, 5.41) is 2.71. The van der Waals surface area contributed by atoms with Crippen molar-refractivity contribution in [1.29, 1.82) is 0 Å². The number of nitrogen functional groups attached to an aromatic ring is 1. The van der Waals surface area contributed by atoms with Gasteiger partial charge in [-0.05, 0) is 19.1 Å². The van der Waals surface area contributed by atoms with Gasteiger partial charge in [-0.3, -0.25) is 4.79 Å². The Morgan fingerprint density at radius 3 is 2.74 bits per heavy atom. The molecule has 6 heteroatoms. The van der Waals surface area contributed by atoms with Gasteiger partial charge in [-0.15, -0.1) is 0 Å². The number of amides is 1. The molecule has 1 heterocycles. The van der Waals surface area contributed by atoms with E-state index in [1.807, 2.05) is 0 Å². The highest BCUT2D eigenvalue weighted by Gasteiger charge is 2.16. The first-order valence-electron chi connectivity index (χ1n) is 5.70. The number of nitrogens with two attached hydrogens (primary N) is 1. The summed E-state index contributed by atoms with van der Waals surface area (Å²) in [6.07, 6.45) is 0. The van der Waals surface area contributed by atoms with Gasteiger partial charge in [0.15, 0.2) is 5.89 Å². The van der Waals surface area contributed by atoms with E-state index in [-0.39, 0.29) is 11.7 Å². The van der Waals surface area contributed by atoms with Crippen LogP contribution in [0.4, 0.5) is 11.4 Å². The number of hydrogen-bond donors (Lipinski definition) is 2. The second kappa shape index (κ2) is 5.01. The summed E-state index contributed by atoms with van der Waals surface area (Å²) in [5.74, 6) is 0.805. The third-order valence-electron chi connectivity index (χ3n) is 2.60. The Balaban J connectivity index is 2.21. The molecule has 6 nitrogen and oxygen atoms in total. The van der Waals surface area contributed by atoms with Crippen LogP contribution in [-0.4, -0.2) is 18.0 Å². The predicted molar refractivity (Wildman–Crippen MR) is 71.3 cm³/mol. The van der Waals surface area contributed by atoms with E-state index >= 15 is 0 Å². The highest BCUT2D eigenvalue weighted by Crippen LogP contribution is 2.25. The number of oxazole rings is 1. The lowest BCUT2D eigenvalue weighted by molar-refractivity contribution is 0.0994. The molecule has 1 aromatic carbocycles. The van der Waals surface area contributed by atoms with E-state index in [1.54, 1.807) is 32.0 Å². The van der Waals surface area contributed by atoms with Crippen molar-refractivity contribution < 1.29 is 13.9 Å². The molecule has 0 aliphatic carbocycles. The summed E-state index contributed by atoms with van der Waals surface area (Å²) in [7, 11) is 1.52. The molecular formula is C13H15N3O3. The molecule has 0 atom stereocenters. The lowest BCUT2D eigenvalue weighted by Crippen LogP contribution is -2.12. The van der Waals surface area contributed by atoms with E-state index in [9.17, 15) is 4.79 Å². The largest absolute Gasteiger partial charge is 0.495 e. The van der Waals surface area contributed by atoms with Crippen molar-refractivity contribution in [2.24, 2.45) is 0 Å². The molecule has 0 saturated heterocycles. The Kier molecular flexibility index (Phi) is 3.41. The van der Waals surface area contributed by atoms with Crippen LogP contribution in [0.2, 0.25) is 0 Å². The number of methoxy groups -OCH3 is 1. The van der Waals surface area contributed by atoms with Crippen LogP contribution in [0.1, 0.15) is 22.1 Å². The molecule has 0 aliphatic heterocycles. The summed E-state index contributed by atoms with van der Waals surface area (Å²) < 4.78 is 10.3. The zero-order valence-corrected chi connectivity index (χ0v) is 11.0. The zero-order chi connectivity index (χ0) is 14.0. The minimum Gasteiger partial charge on any atom is -0.495 e. The van der Waals surface area contributed by atoms with Crippen molar-refractivity contribution in [2.45, 2.75) is 13.8 Å². The standard InChI is InChI=1S/C13H15N3O3/c1-7-12(19-8(2)15-7)13(17)16-9-4-5-10(14)11(6-9)18-3/h4-6H,14H2,1-3H3,(H,16,17). The van der Waals surface area contributed by atoms with Crippen LogP contribution in [0, 0.1) is 13.8 Å². The van der Waals surface area contributed by atoms with Crippen LogP contribution in [0.25, 0.3) is 0 Å². The Morgan fingerprint density at radius 2 is 2.16 bits per heavy atom. The molecule has 2 aromatic rings. The summed E-state index contributed by atoms with van der Waals surface area (Å²) >= 11 is 0. The van der Waals surface area contributed by atoms with Gasteiger partial charge >= 0.3 is 0 Å². The fourth-order valence-electron chi connectivity index (χ4n) is 1.72. The average molecular weight is 261 g/mol. The average Bonchev–Trinajstić information content (AvgIpc) is 2.71. The number of carbonyl (C=O) groups excluding carboxylic acids is 1. The lowest BCUT2D eigenvalue weighted by atomic mass is 10.2. The molecule has 0 spiro atoms.